The number of nitrogens with one attached hydrogen (secondary N) is 1. The van der Waals surface area contributed by atoms with Crippen LogP contribution < -0.4 is 5.32 Å². The highest BCUT2D eigenvalue weighted by Crippen LogP contribution is 2.28. The van der Waals surface area contributed by atoms with E-state index < -0.39 is 17.3 Å². The number of esters is 1. The zero-order valence-electron chi connectivity index (χ0n) is 18.0. The number of carbonyl (C=O) groups excluding carboxylic acids is 2. The minimum absolute atomic E-state index is 0.294. The van der Waals surface area contributed by atoms with E-state index in [2.05, 4.69) is 20.5 Å². The maximum atomic E-state index is 13.0. The first-order valence-corrected chi connectivity index (χ1v) is 11.1. The third-order valence-corrected chi connectivity index (χ3v) is 6.47. The summed E-state index contributed by atoms with van der Waals surface area (Å²) in [4.78, 5) is 30.0. The SMILES string of the molecule is CCC(Sc1nnc2c3ccccc3n(C)c2n1)C(=O)NC(C(=O)OC)c1ccccc1. The number of fused-ring (bicyclic) bond motifs is 3. The number of benzene rings is 2. The van der Waals surface area contributed by atoms with Crippen LogP contribution in [0.15, 0.2) is 59.8 Å². The van der Waals surface area contributed by atoms with Gasteiger partial charge in [-0.2, -0.15) is 0 Å². The number of aromatic nitrogens is 4. The Morgan fingerprint density at radius 2 is 1.81 bits per heavy atom. The maximum absolute atomic E-state index is 13.0. The zero-order chi connectivity index (χ0) is 22.7. The van der Waals surface area contributed by atoms with Crippen LogP contribution in [-0.2, 0) is 21.4 Å². The summed E-state index contributed by atoms with van der Waals surface area (Å²) in [6.07, 6.45) is 0.524. The number of para-hydroxylation sites is 1. The summed E-state index contributed by atoms with van der Waals surface area (Å²) in [6, 6.07) is 16.0. The molecular formula is C23H23N5O3S. The summed E-state index contributed by atoms with van der Waals surface area (Å²) in [6.45, 7) is 1.90. The van der Waals surface area contributed by atoms with Crippen LogP contribution >= 0.6 is 11.8 Å². The lowest BCUT2D eigenvalue weighted by Gasteiger charge is -2.20. The largest absolute Gasteiger partial charge is 0.467 e. The Morgan fingerprint density at radius 1 is 1.09 bits per heavy atom. The number of aryl methyl sites for hydroxylation is 1. The molecule has 2 aromatic heterocycles. The van der Waals surface area contributed by atoms with Crippen molar-refractivity contribution in [3.63, 3.8) is 0 Å². The first kappa shape index (κ1) is 21.8. The van der Waals surface area contributed by atoms with E-state index >= 15 is 0 Å². The van der Waals surface area contributed by atoms with Crippen molar-refractivity contribution in [1.82, 2.24) is 25.1 Å². The normalized spacial score (nSPS) is 13.1. The van der Waals surface area contributed by atoms with Crippen molar-refractivity contribution in [1.29, 1.82) is 0 Å². The van der Waals surface area contributed by atoms with Gasteiger partial charge in [0.1, 0.15) is 5.52 Å². The number of carbonyl (C=O) groups is 2. The van der Waals surface area contributed by atoms with E-state index in [0.717, 1.165) is 16.4 Å². The smallest absolute Gasteiger partial charge is 0.333 e. The Labute approximate surface area is 189 Å². The summed E-state index contributed by atoms with van der Waals surface area (Å²) < 4.78 is 6.86. The van der Waals surface area contributed by atoms with Crippen molar-refractivity contribution in [2.45, 2.75) is 29.8 Å². The average Bonchev–Trinajstić information content (AvgIpc) is 3.12. The summed E-state index contributed by atoms with van der Waals surface area (Å²) >= 11 is 1.22. The molecule has 0 aliphatic rings. The molecule has 0 aliphatic heterocycles. The summed E-state index contributed by atoms with van der Waals surface area (Å²) in [7, 11) is 3.23. The molecule has 0 spiro atoms. The summed E-state index contributed by atoms with van der Waals surface area (Å²) in [5.74, 6) is -0.822. The first-order chi connectivity index (χ1) is 15.5. The van der Waals surface area contributed by atoms with E-state index in [1.54, 1.807) is 12.1 Å². The molecule has 8 nitrogen and oxygen atoms in total. The summed E-state index contributed by atoms with van der Waals surface area (Å²) in [5, 5.41) is 12.3. The van der Waals surface area contributed by atoms with Gasteiger partial charge >= 0.3 is 5.97 Å². The van der Waals surface area contributed by atoms with E-state index in [1.807, 2.05) is 61.0 Å². The monoisotopic (exact) mass is 449 g/mol. The average molecular weight is 450 g/mol. The number of hydrogen-bond donors (Lipinski definition) is 1. The molecular weight excluding hydrogens is 426 g/mol. The Hall–Kier alpha value is -3.46. The van der Waals surface area contributed by atoms with Crippen LogP contribution in [0.4, 0.5) is 0 Å². The Morgan fingerprint density at radius 3 is 2.53 bits per heavy atom. The standard InChI is InChI=1S/C23H23N5O3S/c1-4-17(21(29)24-18(22(30)31-3)14-10-6-5-7-11-14)32-23-25-20-19(26-27-23)15-12-8-9-13-16(15)28(20)2/h5-13,17-18H,4H2,1-3H3,(H,24,29). The van der Waals surface area contributed by atoms with Gasteiger partial charge < -0.3 is 14.6 Å². The van der Waals surface area contributed by atoms with Gasteiger partial charge in [-0.05, 0) is 18.1 Å². The lowest BCUT2D eigenvalue weighted by Crippen LogP contribution is -2.39. The van der Waals surface area contributed by atoms with Gasteiger partial charge in [0, 0.05) is 12.4 Å². The van der Waals surface area contributed by atoms with Gasteiger partial charge in [0.25, 0.3) is 0 Å². The molecule has 0 saturated heterocycles. The van der Waals surface area contributed by atoms with Crippen LogP contribution in [0.1, 0.15) is 24.9 Å². The molecule has 2 unspecified atom stereocenters. The molecule has 0 saturated carbocycles. The third kappa shape index (κ3) is 4.16. The minimum Gasteiger partial charge on any atom is -0.467 e. The number of methoxy groups -OCH3 is 1. The molecule has 2 aromatic carbocycles. The minimum atomic E-state index is -0.886. The number of rotatable bonds is 7. The van der Waals surface area contributed by atoms with Crippen LogP contribution in [0.3, 0.4) is 0 Å². The first-order valence-electron chi connectivity index (χ1n) is 10.2. The van der Waals surface area contributed by atoms with Crippen LogP contribution in [-0.4, -0.2) is 44.0 Å². The van der Waals surface area contributed by atoms with E-state index in [0.29, 0.717) is 22.8 Å². The fraction of sp³-hybridized carbons (Fsp3) is 0.261. The Balaban J connectivity index is 1.57. The predicted molar refractivity (Wildman–Crippen MR) is 123 cm³/mol. The lowest BCUT2D eigenvalue weighted by atomic mass is 10.1. The van der Waals surface area contributed by atoms with Gasteiger partial charge in [-0.1, -0.05) is 67.2 Å². The molecule has 0 radical (unpaired) electrons. The zero-order valence-corrected chi connectivity index (χ0v) is 18.8. The molecule has 0 bridgehead atoms. The Bertz CT molecular complexity index is 1270. The van der Waals surface area contributed by atoms with Crippen molar-refractivity contribution >= 4 is 45.7 Å². The van der Waals surface area contributed by atoms with Crippen molar-refractivity contribution in [3.8, 4) is 0 Å². The quantitative estimate of drug-likeness (QED) is 0.341. The number of amides is 1. The van der Waals surface area contributed by atoms with Crippen molar-refractivity contribution in [3.05, 3.63) is 60.2 Å². The van der Waals surface area contributed by atoms with Gasteiger partial charge in [-0.25, -0.2) is 9.78 Å². The number of hydrogen-bond acceptors (Lipinski definition) is 7. The topological polar surface area (TPSA) is 99.0 Å². The van der Waals surface area contributed by atoms with Crippen molar-refractivity contribution in [2.75, 3.05) is 7.11 Å². The molecule has 164 valence electrons. The van der Waals surface area contributed by atoms with Gasteiger partial charge in [0.05, 0.1) is 17.9 Å². The van der Waals surface area contributed by atoms with E-state index in [-0.39, 0.29) is 5.91 Å². The van der Waals surface area contributed by atoms with Gasteiger partial charge in [0.15, 0.2) is 11.7 Å². The fourth-order valence-electron chi connectivity index (χ4n) is 3.57. The highest BCUT2D eigenvalue weighted by atomic mass is 32.2. The molecule has 9 heteroatoms. The Kier molecular flexibility index (Phi) is 6.36. The fourth-order valence-corrected chi connectivity index (χ4v) is 4.39. The van der Waals surface area contributed by atoms with Crippen LogP contribution in [0.5, 0.6) is 0 Å². The highest BCUT2D eigenvalue weighted by Gasteiger charge is 2.28. The maximum Gasteiger partial charge on any atom is 0.333 e. The number of thioether (sulfide) groups is 1. The summed E-state index contributed by atoms with van der Waals surface area (Å²) in [5.41, 5.74) is 3.10. The second kappa shape index (κ2) is 9.35. The molecule has 1 amide bonds. The van der Waals surface area contributed by atoms with Gasteiger partial charge in [-0.3, -0.25) is 4.79 Å². The van der Waals surface area contributed by atoms with Crippen LogP contribution in [0, 0.1) is 0 Å². The molecule has 2 atom stereocenters. The third-order valence-electron chi connectivity index (χ3n) is 5.25. The molecule has 0 aliphatic carbocycles. The van der Waals surface area contributed by atoms with E-state index in [4.69, 9.17) is 4.74 Å². The molecule has 2 heterocycles. The van der Waals surface area contributed by atoms with Gasteiger partial charge in [-0.15, -0.1) is 10.2 Å². The van der Waals surface area contributed by atoms with Crippen LogP contribution in [0.25, 0.3) is 22.1 Å². The van der Waals surface area contributed by atoms with E-state index in [9.17, 15) is 9.59 Å². The molecule has 0 fully saturated rings. The van der Waals surface area contributed by atoms with Crippen molar-refractivity contribution < 1.29 is 14.3 Å². The molecule has 4 rings (SSSR count). The van der Waals surface area contributed by atoms with Gasteiger partial charge in [0.2, 0.25) is 11.1 Å². The van der Waals surface area contributed by atoms with Crippen LogP contribution in [0.2, 0.25) is 0 Å². The lowest BCUT2D eigenvalue weighted by molar-refractivity contribution is -0.145. The number of ether oxygens (including phenoxy) is 1. The predicted octanol–water partition coefficient (Wildman–Crippen LogP) is 3.42. The van der Waals surface area contributed by atoms with Crippen molar-refractivity contribution in [2.24, 2.45) is 7.05 Å². The second-order valence-corrected chi connectivity index (χ2v) is 8.40. The number of nitrogens with zero attached hydrogens (tertiary/aromatic N) is 4. The van der Waals surface area contributed by atoms with E-state index in [1.165, 1.54) is 18.9 Å². The molecule has 4 aromatic rings. The second-order valence-electron chi connectivity index (χ2n) is 7.23. The highest BCUT2D eigenvalue weighted by molar-refractivity contribution is 8.00. The molecule has 1 N–H and O–H groups in total. The molecule has 32 heavy (non-hydrogen) atoms.